The van der Waals surface area contributed by atoms with Gasteiger partial charge in [0.05, 0.1) is 5.60 Å². The zero-order valence-electron chi connectivity index (χ0n) is 13.8. The van der Waals surface area contributed by atoms with Crippen molar-refractivity contribution >= 4 is 0 Å². The lowest BCUT2D eigenvalue weighted by atomic mass is 9.72. The predicted molar refractivity (Wildman–Crippen MR) is 90.5 cm³/mol. The van der Waals surface area contributed by atoms with Crippen molar-refractivity contribution < 1.29 is 5.11 Å². The molecule has 2 aliphatic carbocycles. The largest absolute Gasteiger partial charge is 0.385 e. The molecule has 2 heteroatoms. The van der Waals surface area contributed by atoms with Crippen molar-refractivity contribution in [2.24, 2.45) is 11.8 Å². The van der Waals surface area contributed by atoms with Crippen LogP contribution in [0.15, 0.2) is 24.5 Å². The van der Waals surface area contributed by atoms with E-state index in [1.165, 1.54) is 64.2 Å². The Hall–Kier alpha value is -0.890. The second kappa shape index (κ2) is 7.59. The summed E-state index contributed by atoms with van der Waals surface area (Å²) < 4.78 is 0. The van der Waals surface area contributed by atoms with E-state index in [4.69, 9.17) is 0 Å². The molecule has 2 fully saturated rings. The molecule has 22 heavy (non-hydrogen) atoms. The van der Waals surface area contributed by atoms with Crippen molar-refractivity contribution in [3.63, 3.8) is 0 Å². The van der Waals surface area contributed by atoms with Crippen molar-refractivity contribution in [2.75, 3.05) is 0 Å². The van der Waals surface area contributed by atoms with Crippen LogP contribution in [0.1, 0.15) is 82.6 Å². The molecular weight excluding hydrogens is 270 g/mol. The van der Waals surface area contributed by atoms with Crippen molar-refractivity contribution in [1.82, 2.24) is 4.98 Å². The summed E-state index contributed by atoms with van der Waals surface area (Å²) in [4.78, 5) is 4.28. The van der Waals surface area contributed by atoms with Gasteiger partial charge in [-0.2, -0.15) is 0 Å². The van der Waals surface area contributed by atoms with Gasteiger partial charge in [-0.3, -0.25) is 4.98 Å². The molecule has 1 aromatic heterocycles. The highest BCUT2D eigenvalue weighted by Crippen LogP contribution is 2.42. The molecule has 0 radical (unpaired) electrons. The normalized spacial score (nSPS) is 21.9. The molecule has 1 aromatic rings. The number of rotatable bonds is 5. The van der Waals surface area contributed by atoms with Gasteiger partial charge in [-0.15, -0.1) is 0 Å². The van der Waals surface area contributed by atoms with Gasteiger partial charge in [0.1, 0.15) is 0 Å². The van der Waals surface area contributed by atoms with E-state index in [0.717, 1.165) is 18.4 Å². The summed E-state index contributed by atoms with van der Waals surface area (Å²) in [6.45, 7) is 0. The highest BCUT2D eigenvalue weighted by Gasteiger charge is 2.35. The predicted octanol–water partition coefficient (Wildman–Crippen LogP) is 5.21. The molecular formula is C20H31NO. The van der Waals surface area contributed by atoms with Gasteiger partial charge < -0.3 is 5.11 Å². The van der Waals surface area contributed by atoms with E-state index in [-0.39, 0.29) is 0 Å². The van der Waals surface area contributed by atoms with E-state index >= 15 is 0 Å². The monoisotopic (exact) mass is 301 g/mol. The van der Waals surface area contributed by atoms with E-state index in [1.807, 2.05) is 18.5 Å². The third-order valence-corrected chi connectivity index (χ3v) is 5.90. The number of hydrogen-bond donors (Lipinski definition) is 1. The maximum absolute atomic E-state index is 11.5. The van der Waals surface area contributed by atoms with Crippen LogP contribution in [0.2, 0.25) is 0 Å². The molecule has 0 aromatic carbocycles. The van der Waals surface area contributed by atoms with Crippen LogP contribution in [0.5, 0.6) is 0 Å². The third-order valence-electron chi connectivity index (χ3n) is 5.90. The van der Waals surface area contributed by atoms with Gasteiger partial charge in [0.15, 0.2) is 0 Å². The Morgan fingerprint density at radius 2 is 1.45 bits per heavy atom. The summed E-state index contributed by atoms with van der Waals surface area (Å²) in [5.41, 5.74) is 0.393. The molecule has 2 saturated carbocycles. The fourth-order valence-electron chi connectivity index (χ4n) is 4.69. The summed E-state index contributed by atoms with van der Waals surface area (Å²) in [6, 6.07) is 4.06. The first-order chi connectivity index (χ1) is 10.8. The number of pyridine rings is 1. The van der Waals surface area contributed by atoms with Crippen LogP contribution in [-0.4, -0.2) is 10.1 Å². The Balaban J connectivity index is 1.74. The first-order valence-corrected chi connectivity index (χ1v) is 9.39. The SMILES string of the molecule is OC(CC1CCCCC1)(CC1CCCCC1)c1cccnc1. The van der Waals surface area contributed by atoms with Crippen LogP contribution < -0.4 is 0 Å². The summed E-state index contributed by atoms with van der Waals surface area (Å²) >= 11 is 0. The maximum Gasteiger partial charge on any atom is 0.0916 e. The number of aliphatic hydroxyl groups is 1. The minimum atomic E-state index is -0.654. The van der Waals surface area contributed by atoms with Crippen molar-refractivity contribution in [2.45, 2.75) is 82.7 Å². The zero-order chi connectivity index (χ0) is 15.3. The molecule has 0 saturated heterocycles. The highest BCUT2D eigenvalue weighted by atomic mass is 16.3. The van der Waals surface area contributed by atoms with E-state index in [9.17, 15) is 5.11 Å². The Labute approximate surface area is 135 Å². The lowest BCUT2D eigenvalue weighted by molar-refractivity contribution is -0.0215. The fourth-order valence-corrected chi connectivity index (χ4v) is 4.69. The Morgan fingerprint density at radius 1 is 0.909 bits per heavy atom. The van der Waals surface area contributed by atoms with Crippen LogP contribution in [0.4, 0.5) is 0 Å². The van der Waals surface area contributed by atoms with Gasteiger partial charge in [0, 0.05) is 18.0 Å². The third kappa shape index (κ3) is 4.10. The molecule has 3 rings (SSSR count). The average molecular weight is 301 g/mol. The van der Waals surface area contributed by atoms with Crippen molar-refractivity contribution in [3.05, 3.63) is 30.1 Å². The second-order valence-corrected chi connectivity index (χ2v) is 7.69. The van der Waals surface area contributed by atoms with Crippen LogP contribution >= 0.6 is 0 Å². The number of nitrogens with zero attached hydrogens (tertiary/aromatic N) is 1. The summed E-state index contributed by atoms with van der Waals surface area (Å²) in [6.07, 6.45) is 18.9. The van der Waals surface area contributed by atoms with Crippen molar-refractivity contribution in [3.8, 4) is 0 Å². The van der Waals surface area contributed by atoms with E-state index in [2.05, 4.69) is 11.1 Å². The second-order valence-electron chi connectivity index (χ2n) is 7.69. The maximum atomic E-state index is 11.5. The first-order valence-electron chi connectivity index (χ1n) is 9.39. The molecule has 0 bridgehead atoms. The van der Waals surface area contributed by atoms with E-state index in [0.29, 0.717) is 11.8 Å². The molecule has 0 spiro atoms. The number of hydrogen-bond acceptors (Lipinski definition) is 2. The minimum absolute atomic E-state index is 0.654. The topological polar surface area (TPSA) is 33.1 Å². The molecule has 0 aliphatic heterocycles. The Kier molecular flexibility index (Phi) is 5.51. The van der Waals surface area contributed by atoms with Crippen LogP contribution in [0.3, 0.4) is 0 Å². The van der Waals surface area contributed by atoms with Gasteiger partial charge >= 0.3 is 0 Å². The fraction of sp³-hybridized carbons (Fsp3) is 0.750. The lowest BCUT2D eigenvalue weighted by Gasteiger charge is -2.37. The van der Waals surface area contributed by atoms with Gasteiger partial charge in [-0.05, 0) is 30.7 Å². The molecule has 122 valence electrons. The molecule has 2 nitrogen and oxygen atoms in total. The minimum Gasteiger partial charge on any atom is -0.385 e. The molecule has 2 aliphatic rings. The summed E-state index contributed by atoms with van der Waals surface area (Å²) in [5, 5.41) is 11.5. The quantitative estimate of drug-likeness (QED) is 0.809. The molecule has 0 unspecified atom stereocenters. The first kappa shape index (κ1) is 16.0. The van der Waals surface area contributed by atoms with Crippen LogP contribution in [0, 0.1) is 11.8 Å². The van der Waals surface area contributed by atoms with Crippen molar-refractivity contribution in [1.29, 1.82) is 0 Å². The summed E-state index contributed by atoms with van der Waals surface area (Å²) in [7, 11) is 0. The van der Waals surface area contributed by atoms with Crippen LogP contribution in [0.25, 0.3) is 0 Å². The lowest BCUT2D eigenvalue weighted by Crippen LogP contribution is -2.33. The van der Waals surface area contributed by atoms with Gasteiger partial charge in [0.2, 0.25) is 0 Å². The number of aromatic nitrogens is 1. The van der Waals surface area contributed by atoms with Gasteiger partial charge in [-0.1, -0.05) is 70.3 Å². The highest BCUT2D eigenvalue weighted by molar-refractivity contribution is 5.18. The van der Waals surface area contributed by atoms with E-state index in [1.54, 1.807) is 0 Å². The Morgan fingerprint density at radius 3 is 1.91 bits per heavy atom. The average Bonchev–Trinajstić information content (AvgIpc) is 2.57. The molecule has 0 amide bonds. The summed E-state index contributed by atoms with van der Waals surface area (Å²) in [5.74, 6) is 1.39. The zero-order valence-corrected chi connectivity index (χ0v) is 13.8. The smallest absolute Gasteiger partial charge is 0.0916 e. The van der Waals surface area contributed by atoms with E-state index < -0.39 is 5.60 Å². The van der Waals surface area contributed by atoms with Gasteiger partial charge in [-0.25, -0.2) is 0 Å². The molecule has 0 atom stereocenters. The van der Waals surface area contributed by atoms with Crippen LogP contribution in [-0.2, 0) is 5.60 Å². The Bertz CT molecular complexity index is 412. The molecule has 1 N–H and O–H groups in total. The molecule has 1 heterocycles. The standard InChI is InChI=1S/C20H31NO/c22-20(19-12-7-13-21-16-19,14-17-8-3-1-4-9-17)15-18-10-5-2-6-11-18/h7,12-13,16-18,22H,1-6,8-11,14-15H2. The van der Waals surface area contributed by atoms with Gasteiger partial charge in [0.25, 0.3) is 0 Å².